The Kier molecular flexibility index (Phi) is 10.9. The highest BCUT2D eigenvalue weighted by Crippen LogP contribution is 2.10. The lowest BCUT2D eigenvalue weighted by Gasteiger charge is -2.27. The molecule has 0 aromatic carbocycles. The van der Waals surface area contributed by atoms with Gasteiger partial charge in [-0.15, -0.1) is 0 Å². The molecule has 4 atom stereocenters. The highest BCUT2D eigenvalue weighted by Gasteiger charge is 2.33. The number of carbonyl (C=O) groups excluding carboxylic acids is 4. The third-order valence-corrected chi connectivity index (χ3v) is 4.03. The van der Waals surface area contributed by atoms with Crippen molar-refractivity contribution in [3.8, 4) is 0 Å². The van der Waals surface area contributed by atoms with Gasteiger partial charge in [-0.2, -0.15) is 0 Å². The average molecular weight is 417 g/mol. The molecule has 0 radical (unpaired) electrons. The topological polar surface area (TPSA) is 231 Å². The van der Waals surface area contributed by atoms with Crippen LogP contribution in [0.4, 0.5) is 0 Å². The summed E-state index contributed by atoms with van der Waals surface area (Å²) in [6.45, 7) is 2.82. The molecule has 0 aliphatic rings. The zero-order valence-corrected chi connectivity index (χ0v) is 16.1. The van der Waals surface area contributed by atoms with Crippen LogP contribution in [0.1, 0.15) is 33.1 Å². The van der Waals surface area contributed by atoms with Gasteiger partial charge in [-0.05, 0) is 5.92 Å². The monoisotopic (exact) mass is 417 g/mol. The Labute approximate surface area is 166 Å². The Hall–Kier alpha value is -3.22. The van der Waals surface area contributed by atoms with E-state index in [9.17, 15) is 28.8 Å². The maximum absolute atomic E-state index is 12.5. The van der Waals surface area contributed by atoms with Crippen LogP contribution in [0.5, 0.6) is 0 Å². The fourth-order valence-electron chi connectivity index (χ4n) is 2.26. The van der Waals surface area contributed by atoms with Crippen LogP contribution in [0.25, 0.3) is 0 Å². The zero-order valence-electron chi connectivity index (χ0n) is 16.1. The average Bonchev–Trinajstić information content (AvgIpc) is 2.62. The van der Waals surface area contributed by atoms with Crippen molar-refractivity contribution in [2.24, 2.45) is 17.4 Å². The van der Waals surface area contributed by atoms with Gasteiger partial charge in [0.15, 0.2) is 0 Å². The lowest BCUT2D eigenvalue weighted by molar-refractivity contribution is -0.144. The minimum absolute atomic E-state index is 0.394. The number of rotatable bonds is 13. The SMILES string of the molecule is CCC(C)C(NC(=O)C(CC(=O)O)NC(=O)CN)C(=O)NC(CC(N)=O)C(=O)O. The van der Waals surface area contributed by atoms with Crippen molar-refractivity contribution in [2.45, 2.75) is 51.2 Å². The highest BCUT2D eigenvalue weighted by molar-refractivity contribution is 5.95. The third kappa shape index (κ3) is 9.51. The minimum Gasteiger partial charge on any atom is -0.481 e. The number of primary amides is 1. The molecule has 0 bridgehead atoms. The molecule has 0 saturated carbocycles. The molecule has 0 aromatic heterocycles. The van der Waals surface area contributed by atoms with E-state index >= 15 is 0 Å². The molecule has 13 nitrogen and oxygen atoms in total. The molecule has 164 valence electrons. The second kappa shape index (κ2) is 12.3. The largest absolute Gasteiger partial charge is 0.481 e. The lowest BCUT2D eigenvalue weighted by Crippen LogP contribution is -2.58. The van der Waals surface area contributed by atoms with Crippen molar-refractivity contribution >= 4 is 35.6 Å². The predicted molar refractivity (Wildman–Crippen MR) is 98.0 cm³/mol. The molecule has 0 heterocycles. The lowest BCUT2D eigenvalue weighted by atomic mass is 9.97. The number of nitrogens with one attached hydrogen (secondary N) is 3. The first-order valence-corrected chi connectivity index (χ1v) is 8.75. The number of carbonyl (C=O) groups is 6. The molecule has 0 aliphatic heterocycles. The van der Waals surface area contributed by atoms with Gasteiger partial charge in [0.2, 0.25) is 23.6 Å². The summed E-state index contributed by atoms with van der Waals surface area (Å²) in [5.74, 6) is -6.95. The van der Waals surface area contributed by atoms with E-state index in [4.69, 9.17) is 21.7 Å². The van der Waals surface area contributed by atoms with Crippen LogP contribution < -0.4 is 27.4 Å². The number of carboxylic acid groups (broad SMARTS) is 2. The van der Waals surface area contributed by atoms with Gasteiger partial charge in [0.25, 0.3) is 0 Å². The van der Waals surface area contributed by atoms with Gasteiger partial charge in [-0.3, -0.25) is 24.0 Å². The molecule has 4 amide bonds. The van der Waals surface area contributed by atoms with Gasteiger partial charge in [-0.1, -0.05) is 20.3 Å². The van der Waals surface area contributed by atoms with Crippen molar-refractivity contribution < 1.29 is 39.0 Å². The second-order valence-electron chi connectivity index (χ2n) is 6.36. The number of amides is 4. The zero-order chi connectivity index (χ0) is 22.7. The van der Waals surface area contributed by atoms with Crippen LogP contribution in [0.15, 0.2) is 0 Å². The summed E-state index contributed by atoms with van der Waals surface area (Å²) in [5, 5.41) is 24.6. The van der Waals surface area contributed by atoms with E-state index in [1.807, 2.05) is 0 Å². The van der Waals surface area contributed by atoms with Crippen molar-refractivity contribution in [3.05, 3.63) is 0 Å². The summed E-state index contributed by atoms with van der Waals surface area (Å²) >= 11 is 0. The number of aliphatic carboxylic acids is 2. The summed E-state index contributed by atoms with van der Waals surface area (Å²) < 4.78 is 0. The van der Waals surface area contributed by atoms with E-state index in [-0.39, 0.29) is 0 Å². The quantitative estimate of drug-likeness (QED) is 0.160. The van der Waals surface area contributed by atoms with E-state index in [1.165, 1.54) is 0 Å². The maximum atomic E-state index is 12.5. The van der Waals surface area contributed by atoms with Crippen molar-refractivity contribution in [1.82, 2.24) is 16.0 Å². The molecule has 13 heteroatoms. The van der Waals surface area contributed by atoms with Gasteiger partial charge >= 0.3 is 11.9 Å². The van der Waals surface area contributed by atoms with Crippen LogP contribution in [-0.2, 0) is 28.8 Å². The number of hydrogen-bond donors (Lipinski definition) is 7. The molecule has 29 heavy (non-hydrogen) atoms. The molecule has 0 aromatic rings. The summed E-state index contributed by atoms with van der Waals surface area (Å²) in [6, 6.07) is -4.35. The first-order chi connectivity index (χ1) is 13.4. The smallest absolute Gasteiger partial charge is 0.326 e. The van der Waals surface area contributed by atoms with Crippen molar-refractivity contribution in [3.63, 3.8) is 0 Å². The molecular formula is C16H27N5O8. The first-order valence-electron chi connectivity index (χ1n) is 8.75. The van der Waals surface area contributed by atoms with Crippen molar-refractivity contribution in [1.29, 1.82) is 0 Å². The van der Waals surface area contributed by atoms with E-state index in [0.29, 0.717) is 6.42 Å². The van der Waals surface area contributed by atoms with E-state index in [2.05, 4.69) is 16.0 Å². The highest BCUT2D eigenvalue weighted by atomic mass is 16.4. The van der Waals surface area contributed by atoms with Crippen LogP contribution in [0, 0.1) is 5.92 Å². The molecule has 0 spiro atoms. The summed E-state index contributed by atoms with van der Waals surface area (Å²) in [5.41, 5.74) is 10.1. The van der Waals surface area contributed by atoms with Crippen molar-refractivity contribution in [2.75, 3.05) is 6.54 Å². The number of hydrogen-bond acceptors (Lipinski definition) is 7. The maximum Gasteiger partial charge on any atom is 0.326 e. The third-order valence-electron chi connectivity index (χ3n) is 4.03. The fourth-order valence-corrected chi connectivity index (χ4v) is 2.26. The van der Waals surface area contributed by atoms with Crippen LogP contribution in [0.3, 0.4) is 0 Å². The van der Waals surface area contributed by atoms with Crippen LogP contribution >= 0.6 is 0 Å². The summed E-state index contributed by atoms with van der Waals surface area (Å²) in [4.78, 5) is 69.6. The standard InChI is InChI=1S/C16H27N5O8/c1-3-7(2)13(15(27)20-9(16(28)29)4-10(18)22)21-14(26)8(5-12(24)25)19-11(23)6-17/h7-9,13H,3-6,17H2,1-2H3,(H2,18,22)(H,19,23)(H,20,27)(H,21,26)(H,24,25)(H,28,29). The Bertz CT molecular complexity index is 653. The Balaban J connectivity index is 5.47. The van der Waals surface area contributed by atoms with Gasteiger partial charge in [0.05, 0.1) is 19.4 Å². The number of carboxylic acids is 2. The summed E-state index contributed by atoms with van der Waals surface area (Å²) in [6.07, 6.45) is -1.02. The summed E-state index contributed by atoms with van der Waals surface area (Å²) in [7, 11) is 0. The normalized spacial score (nSPS) is 14.6. The van der Waals surface area contributed by atoms with E-state index in [1.54, 1.807) is 13.8 Å². The Morgan fingerprint density at radius 3 is 1.90 bits per heavy atom. The molecular weight excluding hydrogens is 390 g/mol. The molecule has 9 N–H and O–H groups in total. The Morgan fingerprint density at radius 2 is 1.48 bits per heavy atom. The van der Waals surface area contributed by atoms with Crippen LogP contribution in [0.2, 0.25) is 0 Å². The van der Waals surface area contributed by atoms with Gasteiger partial charge in [0.1, 0.15) is 18.1 Å². The van der Waals surface area contributed by atoms with Crippen LogP contribution in [-0.4, -0.2) is 70.5 Å². The fraction of sp³-hybridized carbons (Fsp3) is 0.625. The minimum atomic E-state index is -1.60. The molecule has 0 aliphatic carbocycles. The van der Waals surface area contributed by atoms with Gasteiger partial charge in [-0.25, -0.2) is 4.79 Å². The molecule has 4 unspecified atom stereocenters. The first kappa shape index (κ1) is 25.8. The molecule has 0 saturated heterocycles. The van der Waals surface area contributed by atoms with E-state index < -0.39 is 79.0 Å². The van der Waals surface area contributed by atoms with Gasteiger partial charge < -0.3 is 37.6 Å². The van der Waals surface area contributed by atoms with E-state index in [0.717, 1.165) is 0 Å². The number of nitrogens with two attached hydrogens (primary N) is 2. The second-order valence-corrected chi connectivity index (χ2v) is 6.36. The molecule has 0 fully saturated rings. The van der Waals surface area contributed by atoms with Gasteiger partial charge in [0, 0.05) is 0 Å². The molecule has 0 rings (SSSR count). The Morgan fingerprint density at radius 1 is 0.897 bits per heavy atom. The predicted octanol–water partition coefficient (Wildman–Crippen LogP) is -3.12.